The maximum Gasteiger partial charge on any atom is 0.519 e. The van der Waals surface area contributed by atoms with Crippen LogP contribution in [0.1, 0.15) is 43.2 Å². The van der Waals surface area contributed by atoms with E-state index < -0.39 is 28.2 Å². The predicted octanol–water partition coefficient (Wildman–Crippen LogP) is 3.73. The third kappa shape index (κ3) is 3.47. The number of carbonyl (C=O) groups excluding carboxylic acids is 2. The van der Waals surface area contributed by atoms with Crippen molar-refractivity contribution in [1.82, 2.24) is 4.90 Å². The van der Waals surface area contributed by atoms with E-state index in [2.05, 4.69) is 4.90 Å². The van der Waals surface area contributed by atoms with Gasteiger partial charge >= 0.3 is 6.16 Å². The summed E-state index contributed by atoms with van der Waals surface area (Å²) in [5, 5.41) is 23.2. The summed E-state index contributed by atoms with van der Waals surface area (Å²) >= 11 is 0. The van der Waals surface area contributed by atoms with E-state index in [4.69, 9.17) is 14.2 Å². The van der Waals surface area contributed by atoms with Crippen molar-refractivity contribution in [3.8, 4) is 17.2 Å². The zero-order chi connectivity index (χ0) is 25.5. The molecule has 0 aromatic heterocycles. The first kappa shape index (κ1) is 25.1. The summed E-state index contributed by atoms with van der Waals surface area (Å²) in [7, 11) is 0. The van der Waals surface area contributed by atoms with Gasteiger partial charge in [0.05, 0.1) is 15.9 Å². The SMILES string of the molecule is Cl.O=C(Oc1ccc([N+](=O)[O-])cc1)Oc1ccc2c3c1OC1C(=O)CCC4(O)C(C2)N(CC2CC2)CCC314. The zero-order valence-corrected chi connectivity index (χ0v) is 21.3. The van der Waals surface area contributed by atoms with Gasteiger partial charge in [-0.2, -0.15) is 0 Å². The Morgan fingerprint density at radius 2 is 1.92 bits per heavy atom. The number of rotatable bonds is 5. The van der Waals surface area contributed by atoms with E-state index in [1.165, 1.54) is 37.1 Å². The van der Waals surface area contributed by atoms with Crippen molar-refractivity contribution in [2.75, 3.05) is 13.1 Å². The van der Waals surface area contributed by atoms with Crippen LogP contribution in [-0.2, 0) is 16.6 Å². The highest BCUT2D eigenvalue weighted by molar-refractivity contribution is 5.90. The molecule has 7 rings (SSSR count). The number of Topliss-reactive ketones (excluding diaryl/α,β-unsaturated/α-hetero) is 1. The summed E-state index contributed by atoms with van der Waals surface area (Å²) in [6.07, 6.45) is 2.49. The summed E-state index contributed by atoms with van der Waals surface area (Å²) in [6, 6.07) is 8.53. The van der Waals surface area contributed by atoms with E-state index in [1.54, 1.807) is 6.07 Å². The van der Waals surface area contributed by atoms with Gasteiger partial charge in [0, 0.05) is 36.7 Å². The van der Waals surface area contributed by atoms with Crippen LogP contribution in [0.3, 0.4) is 0 Å². The molecule has 0 amide bonds. The molecule has 2 aliphatic heterocycles. The third-order valence-electron chi connectivity index (χ3n) is 8.99. The second kappa shape index (κ2) is 8.65. The Hall–Kier alpha value is -3.21. The molecule has 11 heteroatoms. The number of likely N-dealkylation sites (tertiary alicyclic amines) is 1. The van der Waals surface area contributed by atoms with Crippen molar-refractivity contribution in [2.24, 2.45) is 5.92 Å². The Morgan fingerprint density at radius 3 is 2.63 bits per heavy atom. The Kier molecular flexibility index (Phi) is 5.71. The van der Waals surface area contributed by atoms with Crippen molar-refractivity contribution in [3.05, 3.63) is 57.6 Å². The summed E-state index contributed by atoms with van der Waals surface area (Å²) in [6.45, 7) is 1.75. The molecular weight excluding hydrogens is 516 g/mol. The fourth-order valence-corrected chi connectivity index (χ4v) is 7.18. The molecule has 5 aliphatic rings. The van der Waals surface area contributed by atoms with Crippen molar-refractivity contribution >= 4 is 30.0 Å². The standard InChI is InChI=1S/C27H26N2O8.ClH/c30-19-9-10-27(32)21-13-16-3-8-20(36-25(31)35-18-6-4-17(5-7-18)29(33)34)23-22(16)26(27,24(19)37-23)11-12-28(21)14-15-1-2-15;/h3-8,15,21,24,32H,1-2,9-14H2;1H. The molecular formula is C27H27ClN2O8. The lowest BCUT2D eigenvalue weighted by Gasteiger charge is -2.62. The first-order valence-electron chi connectivity index (χ1n) is 12.8. The number of nitro groups is 1. The fraction of sp³-hybridized carbons (Fsp3) is 0.481. The van der Waals surface area contributed by atoms with Gasteiger partial charge in [0.25, 0.3) is 5.69 Å². The van der Waals surface area contributed by atoms with Crippen LogP contribution in [0.4, 0.5) is 10.5 Å². The normalized spacial score (nSPS) is 30.5. The number of ketones is 1. The molecule has 2 aromatic carbocycles. The number of benzene rings is 2. The molecule has 2 aromatic rings. The molecule has 10 nitrogen and oxygen atoms in total. The van der Waals surface area contributed by atoms with Crippen LogP contribution in [0.2, 0.25) is 0 Å². The van der Waals surface area contributed by atoms with E-state index in [-0.39, 0.29) is 47.8 Å². The molecule has 4 unspecified atom stereocenters. The second-order valence-corrected chi connectivity index (χ2v) is 10.9. The van der Waals surface area contributed by atoms with Gasteiger partial charge in [-0.1, -0.05) is 6.07 Å². The van der Waals surface area contributed by atoms with Gasteiger partial charge in [-0.3, -0.25) is 19.8 Å². The van der Waals surface area contributed by atoms with Gasteiger partial charge in [0.15, 0.2) is 23.4 Å². The predicted molar refractivity (Wildman–Crippen MR) is 135 cm³/mol. The molecule has 3 fully saturated rings. The fourth-order valence-electron chi connectivity index (χ4n) is 7.18. The molecule has 2 bridgehead atoms. The molecule has 0 radical (unpaired) electrons. The number of hydrogen-bond donors (Lipinski definition) is 1. The van der Waals surface area contributed by atoms with Gasteiger partial charge < -0.3 is 19.3 Å². The molecule has 200 valence electrons. The number of nitrogens with zero attached hydrogens (tertiary/aromatic N) is 2. The Balaban J connectivity index is 0.00000264. The molecule has 3 aliphatic carbocycles. The van der Waals surface area contributed by atoms with E-state index in [0.717, 1.165) is 24.2 Å². The highest BCUT2D eigenvalue weighted by Crippen LogP contribution is 2.65. The quantitative estimate of drug-likeness (QED) is 0.260. The lowest BCUT2D eigenvalue weighted by molar-refractivity contribution is -0.384. The van der Waals surface area contributed by atoms with Crippen LogP contribution < -0.4 is 14.2 Å². The number of piperidine rings is 1. The lowest BCUT2D eigenvalue weighted by atomic mass is 9.49. The molecule has 4 atom stereocenters. The monoisotopic (exact) mass is 542 g/mol. The van der Waals surface area contributed by atoms with Crippen LogP contribution in [0.15, 0.2) is 36.4 Å². The third-order valence-corrected chi connectivity index (χ3v) is 8.99. The van der Waals surface area contributed by atoms with Crippen LogP contribution in [0.25, 0.3) is 0 Å². The Morgan fingerprint density at radius 1 is 1.16 bits per heavy atom. The Labute approximate surface area is 224 Å². The Bertz CT molecular complexity index is 1350. The molecule has 1 N–H and O–H groups in total. The summed E-state index contributed by atoms with van der Waals surface area (Å²) in [5.74, 6) is 1.19. The number of hydrogen-bond acceptors (Lipinski definition) is 9. The highest BCUT2D eigenvalue weighted by Gasteiger charge is 2.73. The zero-order valence-electron chi connectivity index (χ0n) is 20.5. The van der Waals surface area contributed by atoms with Crippen molar-refractivity contribution in [1.29, 1.82) is 0 Å². The van der Waals surface area contributed by atoms with E-state index in [1.807, 2.05) is 6.07 Å². The number of nitro benzene ring substituents is 1. The minimum Gasteiger partial charge on any atom is -0.477 e. The van der Waals surface area contributed by atoms with Crippen molar-refractivity contribution in [3.63, 3.8) is 0 Å². The number of non-ortho nitro benzene ring substituents is 1. The minimum absolute atomic E-state index is 0. The van der Waals surface area contributed by atoms with Crippen LogP contribution in [-0.4, -0.2) is 57.7 Å². The second-order valence-electron chi connectivity index (χ2n) is 10.9. The number of halogens is 1. The van der Waals surface area contributed by atoms with Crippen LogP contribution in [0, 0.1) is 16.0 Å². The van der Waals surface area contributed by atoms with Gasteiger partial charge in [-0.25, -0.2) is 4.79 Å². The molecule has 1 saturated heterocycles. The van der Waals surface area contributed by atoms with Crippen molar-refractivity contribution < 1.29 is 33.8 Å². The molecule has 38 heavy (non-hydrogen) atoms. The van der Waals surface area contributed by atoms with Gasteiger partial charge in [-0.05, 0) is 68.3 Å². The van der Waals surface area contributed by atoms with Gasteiger partial charge in [-0.15, -0.1) is 12.4 Å². The van der Waals surface area contributed by atoms with E-state index in [0.29, 0.717) is 30.9 Å². The summed E-state index contributed by atoms with van der Waals surface area (Å²) in [4.78, 5) is 38.5. The lowest BCUT2D eigenvalue weighted by Crippen LogP contribution is -2.76. The number of carbonyl (C=O) groups is 2. The highest BCUT2D eigenvalue weighted by atomic mass is 35.5. The van der Waals surface area contributed by atoms with Crippen LogP contribution in [0.5, 0.6) is 17.2 Å². The molecule has 2 saturated carbocycles. The summed E-state index contributed by atoms with van der Waals surface area (Å²) in [5.41, 5.74) is -0.293. The molecule has 1 spiro atoms. The number of ether oxygens (including phenoxy) is 3. The first-order chi connectivity index (χ1) is 17.8. The minimum atomic E-state index is -1.10. The summed E-state index contributed by atoms with van der Waals surface area (Å²) < 4.78 is 17.0. The topological polar surface area (TPSA) is 128 Å². The largest absolute Gasteiger partial charge is 0.519 e. The van der Waals surface area contributed by atoms with Crippen molar-refractivity contribution in [2.45, 2.75) is 61.7 Å². The number of aliphatic hydroxyl groups is 1. The van der Waals surface area contributed by atoms with Gasteiger partial charge in [0.1, 0.15) is 5.75 Å². The molecule has 2 heterocycles. The maximum atomic E-state index is 13.2. The van der Waals surface area contributed by atoms with E-state index in [9.17, 15) is 24.8 Å². The smallest absolute Gasteiger partial charge is 0.477 e. The van der Waals surface area contributed by atoms with Gasteiger partial charge in [0.2, 0.25) is 0 Å². The van der Waals surface area contributed by atoms with Crippen LogP contribution >= 0.6 is 12.4 Å². The average molecular weight is 543 g/mol. The average Bonchev–Trinajstić information content (AvgIpc) is 3.61. The maximum absolute atomic E-state index is 13.2. The van der Waals surface area contributed by atoms with E-state index >= 15 is 0 Å². The first-order valence-corrected chi connectivity index (χ1v) is 12.8.